The van der Waals surface area contributed by atoms with Gasteiger partial charge in [0.2, 0.25) is 0 Å². The van der Waals surface area contributed by atoms with Gasteiger partial charge < -0.3 is 5.11 Å². The Morgan fingerprint density at radius 2 is 1.81 bits per heavy atom. The Morgan fingerprint density at radius 3 is 2.50 bits per heavy atom. The number of sulfone groups is 1. The fraction of sp³-hybridized carbons (Fsp3) is 1.00. The Morgan fingerprint density at radius 1 is 1.12 bits per heavy atom. The molecule has 0 bridgehead atoms. The normalized spacial score (nSPS) is 27.6. The van der Waals surface area contributed by atoms with Crippen LogP contribution in [-0.4, -0.2) is 31.1 Å². The lowest BCUT2D eigenvalue weighted by atomic mass is 9.95. The van der Waals surface area contributed by atoms with Crippen molar-refractivity contribution in [2.24, 2.45) is 5.92 Å². The zero-order chi connectivity index (χ0) is 12.0. The minimum Gasteiger partial charge on any atom is -0.393 e. The molecular weight excluding hydrogens is 224 g/mol. The van der Waals surface area contributed by atoms with Crippen LogP contribution in [0.1, 0.15) is 51.9 Å². The second-order valence-corrected chi connectivity index (χ2v) is 7.21. The van der Waals surface area contributed by atoms with Gasteiger partial charge in [-0.2, -0.15) is 0 Å². The summed E-state index contributed by atoms with van der Waals surface area (Å²) in [4.78, 5) is 0. The van der Waals surface area contributed by atoms with Crippen molar-refractivity contribution < 1.29 is 13.5 Å². The fourth-order valence-corrected chi connectivity index (χ4v) is 3.93. The van der Waals surface area contributed by atoms with Crippen LogP contribution in [0.15, 0.2) is 0 Å². The molecule has 0 saturated heterocycles. The van der Waals surface area contributed by atoms with Gasteiger partial charge in [0.05, 0.1) is 11.9 Å². The van der Waals surface area contributed by atoms with Gasteiger partial charge in [-0.1, -0.05) is 26.2 Å². The van der Waals surface area contributed by atoms with E-state index in [4.69, 9.17) is 0 Å². The summed E-state index contributed by atoms with van der Waals surface area (Å²) in [6, 6.07) is 0. The van der Waals surface area contributed by atoms with E-state index in [1.807, 2.05) is 6.92 Å². The molecule has 0 aromatic rings. The van der Waals surface area contributed by atoms with E-state index in [0.29, 0.717) is 12.8 Å². The van der Waals surface area contributed by atoms with Crippen LogP contribution in [0.4, 0.5) is 0 Å². The summed E-state index contributed by atoms with van der Waals surface area (Å²) < 4.78 is 23.2. The smallest absolute Gasteiger partial charge is 0.150 e. The quantitative estimate of drug-likeness (QED) is 0.758. The number of hydrogen-bond donors (Lipinski definition) is 1. The predicted molar refractivity (Wildman–Crippen MR) is 66.1 cm³/mol. The maximum Gasteiger partial charge on any atom is 0.150 e. The van der Waals surface area contributed by atoms with Crippen molar-refractivity contribution in [3.63, 3.8) is 0 Å². The zero-order valence-electron chi connectivity index (χ0n) is 10.2. The van der Waals surface area contributed by atoms with Crippen LogP contribution >= 0.6 is 0 Å². The highest BCUT2D eigenvalue weighted by atomic mass is 32.2. The van der Waals surface area contributed by atoms with E-state index in [-0.39, 0.29) is 23.5 Å². The Labute approximate surface area is 99.2 Å². The van der Waals surface area contributed by atoms with E-state index in [2.05, 4.69) is 0 Å². The van der Waals surface area contributed by atoms with Gasteiger partial charge in [-0.15, -0.1) is 0 Å². The minimum absolute atomic E-state index is 0.203. The van der Waals surface area contributed by atoms with Crippen LogP contribution in [0.5, 0.6) is 0 Å². The molecule has 96 valence electrons. The first kappa shape index (κ1) is 14.0. The van der Waals surface area contributed by atoms with Gasteiger partial charge in [0.25, 0.3) is 0 Å². The predicted octanol–water partition coefficient (Wildman–Crippen LogP) is 2.14. The summed E-state index contributed by atoms with van der Waals surface area (Å²) in [5.41, 5.74) is 0. The molecule has 1 fully saturated rings. The van der Waals surface area contributed by atoms with Crippen molar-refractivity contribution in [1.82, 2.24) is 0 Å². The van der Waals surface area contributed by atoms with Crippen molar-refractivity contribution in [1.29, 1.82) is 0 Å². The number of aliphatic hydroxyl groups is 1. The van der Waals surface area contributed by atoms with E-state index < -0.39 is 9.84 Å². The van der Waals surface area contributed by atoms with Gasteiger partial charge in [-0.3, -0.25) is 0 Å². The molecule has 1 saturated carbocycles. The largest absolute Gasteiger partial charge is 0.393 e. The molecule has 2 unspecified atom stereocenters. The second kappa shape index (κ2) is 6.60. The molecule has 0 aliphatic heterocycles. The molecule has 0 amide bonds. The van der Waals surface area contributed by atoms with Crippen LogP contribution < -0.4 is 0 Å². The maximum absolute atomic E-state index is 11.6. The highest BCUT2D eigenvalue weighted by Gasteiger charge is 2.23. The average Bonchev–Trinajstić information content (AvgIpc) is 2.40. The zero-order valence-corrected chi connectivity index (χ0v) is 11.0. The molecule has 0 heterocycles. The van der Waals surface area contributed by atoms with E-state index in [0.717, 1.165) is 25.7 Å². The number of aliphatic hydroxyl groups excluding tert-OH is 1. The van der Waals surface area contributed by atoms with Crippen LogP contribution in [0.3, 0.4) is 0 Å². The summed E-state index contributed by atoms with van der Waals surface area (Å²) in [6.45, 7) is 1.89. The second-order valence-electron chi connectivity index (χ2n) is 4.91. The van der Waals surface area contributed by atoms with Crippen molar-refractivity contribution in [3.8, 4) is 0 Å². The van der Waals surface area contributed by atoms with Crippen LogP contribution in [-0.2, 0) is 9.84 Å². The van der Waals surface area contributed by atoms with E-state index in [1.54, 1.807) is 0 Å². The highest BCUT2D eigenvalue weighted by molar-refractivity contribution is 7.91. The van der Waals surface area contributed by atoms with Crippen LogP contribution in [0.2, 0.25) is 0 Å². The topological polar surface area (TPSA) is 54.4 Å². The number of hydrogen-bond acceptors (Lipinski definition) is 3. The van der Waals surface area contributed by atoms with E-state index in [1.165, 1.54) is 6.42 Å². The summed E-state index contributed by atoms with van der Waals surface area (Å²) in [5.74, 6) is 0.743. The number of rotatable bonds is 5. The van der Waals surface area contributed by atoms with Gasteiger partial charge in [0, 0.05) is 5.75 Å². The van der Waals surface area contributed by atoms with Crippen LogP contribution in [0.25, 0.3) is 0 Å². The maximum atomic E-state index is 11.6. The third-order valence-electron chi connectivity index (χ3n) is 3.43. The average molecular weight is 248 g/mol. The lowest BCUT2D eigenvalue weighted by Crippen LogP contribution is -2.22. The van der Waals surface area contributed by atoms with Gasteiger partial charge in [0.1, 0.15) is 9.84 Å². The Balaban J connectivity index is 2.40. The Hall–Kier alpha value is -0.0900. The monoisotopic (exact) mass is 248 g/mol. The summed E-state index contributed by atoms with van der Waals surface area (Å²) in [5, 5.41) is 9.88. The first-order valence-corrected chi connectivity index (χ1v) is 8.26. The molecule has 1 aliphatic carbocycles. The lowest BCUT2D eigenvalue weighted by molar-refractivity contribution is 0.0989. The van der Waals surface area contributed by atoms with E-state index >= 15 is 0 Å². The standard InChI is InChI=1S/C12H24O3S/c1-2-9-16(14,15)10-8-11-6-4-3-5-7-12(11)13/h11-13H,2-10H2,1H3. The summed E-state index contributed by atoms with van der Waals surface area (Å²) in [7, 11) is -2.88. The molecule has 1 N–H and O–H groups in total. The van der Waals surface area contributed by atoms with Crippen molar-refractivity contribution in [2.45, 2.75) is 58.0 Å². The van der Waals surface area contributed by atoms with Crippen molar-refractivity contribution in [2.75, 3.05) is 11.5 Å². The Bertz CT molecular complexity index is 285. The molecular formula is C12H24O3S. The SMILES string of the molecule is CCCS(=O)(=O)CCC1CCCCCC1O. The van der Waals surface area contributed by atoms with Gasteiger partial charge in [-0.05, 0) is 31.6 Å². The van der Waals surface area contributed by atoms with E-state index in [9.17, 15) is 13.5 Å². The molecule has 0 spiro atoms. The molecule has 0 radical (unpaired) electrons. The van der Waals surface area contributed by atoms with Gasteiger partial charge in [-0.25, -0.2) is 8.42 Å². The highest BCUT2D eigenvalue weighted by Crippen LogP contribution is 2.26. The third kappa shape index (κ3) is 4.83. The van der Waals surface area contributed by atoms with Gasteiger partial charge in [0.15, 0.2) is 0 Å². The summed E-state index contributed by atoms with van der Waals surface area (Å²) >= 11 is 0. The minimum atomic E-state index is -2.88. The molecule has 0 aromatic carbocycles. The first-order chi connectivity index (χ1) is 7.55. The molecule has 3 nitrogen and oxygen atoms in total. The third-order valence-corrected chi connectivity index (χ3v) is 5.32. The Kier molecular flexibility index (Phi) is 5.76. The summed E-state index contributed by atoms with van der Waals surface area (Å²) in [6.07, 6.45) is 6.28. The molecule has 1 aliphatic rings. The molecule has 16 heavy (non-hydrogen) atoms. The lowest BCUT2D eigenvalue weighted by Gasteiger charge is -2.19. The molecule has 2 atom stereocenters. The van der Waals surface area contributed by atoms with Crippen molar-refractivity contribution in [3.05, 3.63) is 0 Å². The molecule has 4 heteroatoms. The van der Waals surface area contributed by atoms with Gasteiger partial charge >= 0.3 is 0 Å². The molecule has 0 aromatic heterocycles. The molecule has 1 rings (SSSR count). The fourth-order valence-electron chi connectivity index (χ4n) is 2.45. The first-order valence-electron chi connectivity index (χ1n) is 6.43. The van der Waals surface area contributed by atoms with Crippen molar-refractivity contribution >= 4 is 9.84 Å². The van der Waals surface area contributed by atoms with Crippen LogP contribution in [0, 0.1) is 5.92 Å².